The maximum absolute atomic E-state index is 7.00. The van der Waals surface area contributed by atoms with Crippen LogP contribution in [0.2, 0.25) is 0 Å². The van der Waals surface area contributed by atoms with Gasteiger partial charge in [-0.3, -0.25) is 9.97 Å². The SMILES string of the molecule is CC(CCC1CC(Cc2ccccn2)C1)n1ccc2c(N)ncnc21.CC(CCC1CCC1)Nc1ncnc(N)c1C(C)C.CO.Cc1ccccn1. The third kappa shape index (κ3) is 12.5. The van der Waals surface area contributed by atoms with E-state index in [1.807, 2.05) is 43.5 Å². The molecule has 5 aromatic heterocycles. The highest BCUT2D eigenvalue weighted by Crippen LogP contribution is 2.40. The quantitative estimate of drug-likeness (QED) is 0.0979. The van der Waals surface area contributed by atoms with E-state index in [4.69, 9.17) is 16.6 Å². The summed E-state index contributed by atoms with van der Waals surface area (Å²) in [6.07, 6.45) is 21.9. The fraction of sp³-hybridized carbons (Fsp3) is 0.524. The molecule has 6 N–H and O–H groups in total. The summed E-state index contributed by atoms with van der Waals surface area (Å²) in [4.78, 5) is 25.4. The third-order valence-electron chi connectivity index (χ3n) is 10.5. The van der Waals surface area contributed by atoms with Crippen LogP contribution in [0.15, 0.2) is 73.7 Å². The van der Waals surface area contributed by atoms with Crippen molar-refractivity contribution < 1.29 is 5.11 Å². The molecule has 0 radical (unpaired) electrons. The molecular weight excluding hydrogens is 661 g/mol. The Morgan fingerprint density at radius 1 is 0.774 bits per heavy atom. The second kappa shape index (κ2) is 21.2. The fourth-order valence-corrected chi connectivity index (χ4v) is 7.17. The molecule has 53 heavy (non-hydrogen) atoms. The minimum Gasteiger partial charge on any atom is -0.400 e. The van der Waals surface area contributed by atoms with E-state index in [-0.39, 0.29) is 0 Å². The predicted octanol–water partition coefficient (Wildman–Crippen LogP) is 8.58. The highest BCUT2D eigenvalue weighted by Gasteiger charge is 2.29. The van der Waals surface area contributed by atoms with E-state index in [2.05, 4.69) is 85.8 Å². The van der Waals surface area contributed by atoms with Gasteiger partial charge in [-0.2, -0.15) is 0 Å². The smallest absolute Gasteiger partial charge is 0.145 e. The predicted molar refractivity (Wildman–Crippen MR) is 217 cm³/mol. The molecule has 11 nitrogen and oxygen atoms in total. The van der Waals surface area contributed by atoms with E-state index in [1.165, 1.54) is 63.5 Å². The minimum atomic E-state index is 0.336. The van der Waals surface area contributed by atoms with Crippen LogP contribution in [0.3, 0.4) is 0 Å². The van der Waals surface area contributed by atoms with Crippen molar-refractivity contribution in [3.8, 4) is 0 Å². The number of nitrogens with two attached hydrogens (primary N) is 2. The van der Waals surface area contributed by atoms with E-state index in [0.29, 0.717) is 29.6 Å². The number of nitrogens with one attached hydrogen (secondary N) is 1. The molecule has 2 aliphatic carbocycles. The van der Waals surface area contributed by atoms with Crippen LogP contribution >= 0.6 is 0 Å². The zero-order valence-electron chi connectivity index (χ0n) is 32.7. The molecule has 5 heterocycles. The minimum absolute atomic E-state index is 0.336. The van der Waals surface area contributed by atoms with Crippen LogP contribution in [0.1, 0.15) is 114 Å². The molecule has 2 fully saturated rings. The van der Waals surface area contributed by atoms with Crippen molar-refractivity contribution in [2.45, 2.75) is 117 Å². The summed E-state index contributed by atoms with van der Waals surface area (Å²) in [5, 5.41) is 11.5. The van der Waals surface area contributed by atoms with Gasteiger partial charge in [-0.25, -0.2) is 19.9 Å². The summed E-state index contributed by atoms with van der Waals surface area (Å²) in [7, 11) is 1.00. The molecule has 2 atom stereocenters. The maximum Gasteiger partial charge on any atom is 0.145 e. The number of hydrogen-bond acceptors (Lipinski definition) is 10. The van der Waals surface area contributed by atoms with Gasteiger partial charge < -0.3 is 26.5 Å². The topological polar surface area (TPSA) is 167 Å². The Kier molecular flexibility index (Phi) is 16.4. The molecule has 2 aliphatic rings. The van der Waals surface area contributed by atoms with Gasteiger partial charge in [-0.05, 0) is 120 Å². The summed E-state index contributed by atoms with van der Waals surface area (Å²) in [5.41, 5.74) is 16.2. The number of nitrogen functional groups attached to an aromatic ring is 2. The van der Waals surface area contributed by atoms with E-state index in [9.17, 15) is 0 Å². The number of aliphatic hydroxyl groups is 1. The van der Waals surface area contributed by atoms with Gasteiger partial charge in [0.1, 0.15) is 35.8 Å². The normalized spacial score (nSPS) is 17.4. The fourth-order valence-electron chi connectivity index (χ4n) is 7.17. The second-order valence-electron chi connectivity index (χ2n) is 14.9. The van der Waals surface area contributed by atoms with Crippen molar-refractivity contribution >= 4 is 28.5 Å². The largest absolute Gasteiger partial charge is 0.400 e. The summed E-state index contributed by atoms with van der Waals surface area (Å²) >= 11 is 0. The molecule has 0 amide bonds. The third-order valence-corrected chi connectivity index (χ3v) is 10.5. The summed E-state index contributed by atoms with van der Waals surface area (Å²) < 4.78 is 2.23. The molecule has 2 unspecified atom stereocenters. The highest BCUT2D eigenvalue weighted by molar-refractivity contribution is 5.86. The van der Waals surface area contributed by atoms with Gasteiger partial charge in [-0.15, -0.1) is 0 Å². The number of aryl methyl sites for hydroxylation is 1. The number of hydrogen-bond donors (Lipinski definition) is 4. The number of rotatable bonds is 12. The molecule has 0 spiro atoms. The van der Waals surface area contributed by atoms with Crippen LogP contribution in [0.4, 0.5) is 17.5 Å². The van der Waals surface area contributed by atoms with Gasteiger partial charge in [0, 0.05) is 54.7 Å². The van der Waals surface area contributed by atoms with E-state index < -0.39 is 0 Å². The monoisotopic (exact) mass is 723 g/mol. The van der Waals surface area contributed by atoms with Gasteiger partial charge >= 0.3 is 0 Å². The average molecular weight is 723 g/mol. The number of aliphatic hydroxyl groups excluding tert-OH is 1. The van der Waals surface area contributed by atoms with Crippen molar-refractivity contribution in [1.29, 1.82) is 0 Å². The molecule has 0 bridgehead atoms. The molecule has 286 valence electrons. The number of anilines is 3. The van der Waals surface area contributed by atoms with Gasteiger partial charge in [0.15, 0.2) is 0 Å². The highest BCUT2D eigenvalue weighted by atomic mass is 16.2. The molecule has 7 rings (SSSR count). The first-order valence-electron chi connectivity index (χ1n) is 19.3. The van der Waals surface area contributed by atoms with Crippen LogP contribution in [0, 0.1) is 24.7 Å². The number of nitrogens with zero attached hydrogens (tertiary/aromatic N) is 7. The van der Waals surface area contributed by atoms with Crippen molar-refractivity contribution in [3.63, 3.8) is 0 Å². The van der Waals surface area contributed by atoms with Crippen molar-refractivity contribution in [1.82, 2.24) is 34.5 Å². The van der Waals surface area contributed by atoms with E-state index in [1.54, 1.807) is 18.9 Å². The molecule has 2 saturated carbocycles. The number of pyridine rings is 2. The first-order valence-corrected chi connectivity index (χ1v) is 19.3. The lowest BCUT2D eigenvalue weighted by Crippen LogP contribution is -2.26. The summed E-state index contributed by atoms with van der Waals surface area (Å²) in [6, 6.07) is 15.0. The van der Waals surface area contributed by atoms with Gasteiger partial charge in [0.2, 0.25) is 0 Å². The summed E-state index contributed by atoms with van der Waals surface area (Å²) in [6.45, 7) is 10.7. The first kappa shape index (κ1) is 41.1. The Morgan fingerprint density at radius 3 is 2.06 bits per heavy atom. The van der Waals surface area contributed by atoms with Crippen LogP contribution < -0.4 is 16.8 Å². The second-order valence-corrected chi connectivity index (χ2v) is 14.9. The standard InChI is InChI=1S/C20H25N5.C15H26N4.C6H7N.CH4O/c1-14(25-9-7-18-19(21)23-13-24-20(18)25)5-6-15-10-16(11-15)12-17-4-2-3-8-22-17;1-10(2)13-14(16)17-9-18-15(13)19-11(3)7-8-12-5-4-6-12;1-6-4-2-3-5-7-6;1-2/h2-4,7-9,13-16H,5-6,10-12H2,1H3,(H2,21,23,24);9-12H,4-8H2,1-3H3,(H3,16,17,18,19);2-5H,1H3;2H,1H3. The molecule has 5 aromatic rings. The number of aromatic nitrogens is 7. The van der Waals surface area contributed by atoms with Crippen LogP contribution in [0.25, 0.3) is 11.0 Å². The molecule has 0 aromatic carbocycles. The maximum atomic E-state index is 7.00. The zero-order chi connectivity index (χ0) is 38.2. The summed E-state index contributed by atoms with van der Waals surface area (Å²) in [5.74, 6) is 5.04. The zero-order valence-corrected chi connectivity index (χ0v) is 32.7. The molecule has 11 heteroatoms. The van der Waals surface area contributed by atoms with Gasteiger partial charge in [-0.1, -0.05) is 45.2 Å². The average Bonchev–Trinajstić information content (AvgIpc) is 3.56. The number of fused-ring (bicyclic) bond motifs is 1. The lowest BCUT2D eigenvalue weighted by molar-refractivity contribution is 0.171. The van der Waals surface area contributed by atoms with Gasteiger partial charge in [0.05, 0.1) is 5.39 Å². The van der Waals surface area contributed by atoms with Crippen LogP contribution in [-0.4, -0.2) is 52.7 Å². The van der Waals surface area contributed by atoms with E-state index in [0.717, 1.165) is 59.4 Å². The Labute approximate surface area is 316 Å². The van der Waals surface area contributed by atoms with Crippen molar-refractivity contribution in [2.75, 3.05) is 23.9 Å². The molecule has 0 aliphatic heterocycles. The van der Waals surface area contributed by atoms with Crippen LogP contribution in [0.5, 0.6) is 0 Å². The molecular formula is C42H62N10O. The molecule has 0 saturated heterocycles. The van der Waals surface area contributed by atoms with Gasteiger partial charge in [0.25, 0.3) is 0 Å². The lowest BCUT2D eigenvalue weighted by Gasteiger charge is -2.36. The Bertz CT molecular complexity index is 1750. The van der Waals surface area contributed by atoms with Crippen LogP contribution in [-0.2, 0) is 6.42 Å². The van der Waals surface area contributed by atoms with Crippen molar-refractivity contribution in [2.24, 2.45) is 17.8 Å². The Hall–Kier alpha value is -4.64. The van der Waals surface area contributed by atoms with Crippen molar-refractivity contribution in [3.05, 3.63) is 90.7 Å². The van der Waals surface area contributed by atoms with E-state index >= 15 is 0 Å². The first-order chi connectivity index (χ1) is 25.7. The Morgan fingerprint density at radius 2 is 1.45 bits per heavy atom. The Balaban J connectivity index is 0.000000197. The lowest BCUT2D eigenvalue weighted by atomic mass is 9.70.